The first-order chi connectivity index (χ1) is 14.0. The van der Waals surface area contributed by atoms with E-state index in [1.807, 2.05) is 41.3 Å². The molecule has 0 unspecified atom stereocenters. The van der Waals surface area contributed by atoms with E-state index in [2.05, 4.69) is 43.4 Å². The van der Waals surface area contributed by atoms with Crippen LogP contribution in [0.3, 0.4) is 0 Å². The molecule has 0 aliphatic carbocycles. The fraction of sp³-hybridized carbons (Fsp3) is 0.360. The lowest BCUT2D eigenvalue weighted by Gasteiger charge is -2.27. The van der Waals surface area contributed by atoms with Gasteiger partial charge in [-0.3, -0.25) is 9.59 Å². The van der Waals surface area contributed by atoms with Crippen LogP contribution in [0.15, 0.2) is 48.5 Å². The highest BCUT2D eigenvalue weighted by Gasteiger charge is 2.20. The predicted octanol–water partition coefficient (Wildman–Crippen LogP) is 5.04. The second-order valence-electron chi connectivity index (χ2n) is 7.98. The van der Waals surface area contributed by atoms with E-state index in [4.69, 9.17) is 0 Å². The summed E-state index contributed by atoms with van der Waals surface area (Å²) in [5, 5.41) is 2.93. The summed E-state index contributed by atoms with van der Waals surface area (Å²) in [5.74, 6) is 0.622. The van der Waals surface area contributed by atoms with Gasteiger partial charge in [0.15, 0.2) is 0 Å². The molecule has 4 nitrogen and oxygen atoms in total. The monoisotopic (exact) mass is 390 g/mol. The number of anilines is 1. The number of carbonyl (C=O) groups is 2. The number of nitrogens with zero attached hydrogens (tertiary/aromatic N) is 1. The summed E-state index contributed by atoms with van der Waals surface area (Å²) in [6.07, 6.45) is 6.55. The van der Waals surface area contributed by atoms with Crippen molar-refractivity contribution in [2.45, 2.75) is 46.1 Å². The van der Waals surface area contributed by atoms with E-state index < -0.39 is 0 Å². The topological polar surface area (TPSA) is 49.4 Å². The zero-order chi connectivity index (χ0) is 20.6. The number of unbranched alkanes of at least 4 members (excludes halogenated alkanes) is 1. The summed E-state index contributed by atoms with van der Waals surface area (Å²) in [6, 6.07) is 16.2. The molecule has 0 bridgehead atoms. The van der Waals surface area contributed by atoms with E-state index in [0.29, 0.717) is 38.3 Å². The number of hydrogen-bond acceptors (Lipinski definition) is 2. The van der Waals surface area contributed by atoms with Gasteiger partial charge in [0.2, 0.25) is 11.8 Å². The molecule has 2 aromatic rings. The Morgan fingerprint density at radius 1 is 0.931 bits per heavy atom. The van der Waals surface area contributed by atoms with E-state index in [-0.39, 0.29) is 11.8 Å². The molecule has 0 saturated carbocycles. The molecular formula is C25H30N2O2. The Kier molecular flexibility index (Phi) is 7.23. The molecule has 1 N–H and O–H groups in total. The third-order valence-corrected chi connectivity index (χ3v) is 5.11. The first kappa shape index (κ1) is 20.8. The molecule has 2 amide bonds. The van der Waals surface area contributed by atoms with Crippen molar-refractivity contribution in [1.82, 2.24) is 5.32 Å². The van der Waals surface area contributed by atoms with E-state index in [9.17, 15) is 9.59 Å². The summed E-state index contributed by atoms with van der Waals surface area (Å²) in [4.78, 5) is 26.8. The summed E-state index contributed by atoms with van der Waals surface area (Å²) >= 11 is 0. The molecule has 0 saturated heterocycles. The van der Waals surface area contributed by atoms with Gasteiger partial charge in [0.05, 0.1) is 12.2 Å². The summed E-state index contributed by atoms with van der Waals surface area (Å²) in [5.41, 5.74) is 4.27. The van der Waals surface area contributed by atoms with Crippen molar-refractivity contribution in [2.24, 2.45) is 5.92 Å². The lowest BCUT2D eigenvalue weighted by Crippen LogP contribution is -2.31. The Morgan fingerprint density at radius 2 is 1.59 bits per heavy atom. The molecule has 1 aliphatic rings. The van der Waals surface area contributed by atoms with E-state index in [1.165, 1.54) is 0 Å². The van der Waals surface area contributed by atoms with Gasteiger partial charge in [-0.1, -0.05) is 68.5 Å². The van der Waals surface area contributed by atoms with Crippen molar-refractivity contribution >= 4 is 29.7 Å². The Hall–Kier alpha value is -2.88. The average molecular weight is 391 g/mol. The SMILES string of the molecule is CC(C)CNC(=O)CCCCC(=O)N1Cc2ccccc2/C=C\c2ccccc21. The van der Waals surface area contributed by atoms with Crippen LogP contribution in [0.25, 0.3) is 12.2 Å². The molecule has 0 atom stereocenters. The number of para-hydroxylation sites is 1. The number of amides is 2. The molecule has 1 aliphatic heterocycles. The number of benzene rings is 2. The second-order valence-corrected chi connectivity index (χ2v) is 7.98. The largest absolute Gasteiger partial charge is 0.356 e. The molecule has 1 heterocycles. The minimum absolute atomic E-state index is 0.0711. The van der Waals surface area contributed by atoms with Crippen LogP contribution in [0, 0.1) is 5.92 Å². The highest BCUT2D eigenvalue weighted by molar-refractivity contribution is 5.97. The average Bonchev–Trinajstić information content (AvgIpc) is 2.71. The molecule has 4 heteroatoms. The van der Waals surface area contributed by atoms with Crippen LogP contribution < -0.4 is 10.2 Å². The minimum atomic E-state index is 0.0711. The van der Waals surface area contributed by atoms with Crippen molar-refractivity contribution in [2.75, 3.05) is 11.4 Å². The molecular weight excluding hydrogens is 360 g/mol. The smallest absolute Gasteiger partial charge is 0.227 e. The van der Waals surface area contributed by atoms with Crippen LogP contribution in [-0.2, 0) is 16.1 Å². The summed E-state index contributed by atoms with van der Waals surface area (Å²) in [7, 11) is 0. The van der Waals surface area contributed by atoms with E-state index in [1.54, 1.807) is 0 Å². The third kappa shape index (κ3) is 5.80. The molecule has 2 aromatic carbocycles. The number of fused-ring (bicyclic) bond motifs is 2. The van der Waals surface area contributed by atoms with Gasteiger partial charge in [0.1, 0.15) is 0 Å². The first-order valence-electron chi connectivity index (χ1n) is 10.5. The molecule has 0 fully saturated rings. The van der Waals surface area contributed by atoms with E-state index >= 15 is 0 Å². The number of hydrogen-bond donors (Lipinski definition) is 1. The maximum Gasteiger partial charge on any atom is 0.227 e. The number of rotatable bonds is 7. The van der Waals surface area contributed by atoms with Crippen LogP contribution in [0.4, 0.5) is 5.69 Å². The normalized spacial score (nSPS) is 13.8. The van der Waals surface area contributed by atoms with Gasteiger partial charge in [-0.05, 0) is 41.5 Å². The molecule has 0 radical (unpaired) electrons. The van der Waals surface area contributed by atoms with Gasteiger partial charge in [-0.25, -0.2) is 0 Å². The Morgan fingerprint density at radius 3 is 2.38 bits per heavy atom. The van der Waals surface area contributed by atoms with Gasteiger partial charge in [-0.2, -0.15) is 0 Å². The molecule has 152 valence electrons. The maximum absolute atomic E-state index is 13.1. The number of carbonyl (C=O) groups excluding carboxylic acids is 2. The third-order valence-electron chi connectivity index (χ3n) is 5.11. The fourth-order valence-corrected chi connectivity index (χ4v) is 3.48. The van der Waals surface area contributed by atoms with Gasteiger partial charge in [0.25, 0.3) is 0 Å². The molecule has 29 heavy (non-hydrogen) atoms. The van der Waals surface area contributed by atoms with Gasteiger partial charge in [-0.15, -0.1) is 0 Å². The maximum atomic E-state index is 13.1. The Labute approximate surface area is 173 Å². The van der Waals surface area contributed by atoms with Crippen molar-refractivity contribution in [3.8, 4) is 0 Å². The van der Waals surface area contributed by atoms with Gasteiger partial charge < -0.3 is 10.2 Å². The van der Waals surface area contributed by atoms with Gasteiger partial charge in [0, 0.05) is 19.4 Å². The van der Waals surface area contributed by atoms with E-state index in [0.717, 1.165) is 28.8 Å². The van der Waals surface area contributed by atoms with Crippen molar-refractivity contribution in [3.63, 3.8) is 0 Å². The zero-order valence-corrected chi connectivity index (χ0v) is 17.4. The van der Waals surface area contributed by atoms with Crippen LogP contribution >= 0.6 is 0 Å². The fourth-order valence-electron chi connectivity index (χ4n) is 3.48. The highest BCUT2D eigenvalue weighted by atomic mass is 16.2. The van der Waals surface area contributed by atoms with Crippen molar-refractivity contribution < 1.29 is 9.59 Å². The highest BCUT2D eigenvalue weighted by Crippen LogP contribution is 2.29. The molecule has 0 spiro atoms. The lowest BCUT2D eigenvalue weighted by molar-refractivity contribution is -0.122. The van der Waals surface area contributed by atoms with Crippen LogP contribution in [-0.4, -0.2) is 18.4 Å². The standard InChI is InChI=1S/C25H30N2O2/c1-19(2)17-26-24(28)13-7-8-14-25(29)27-18-22-11-4-3-9-20(22)15-16-21-10-5-6-12-23(21)27/h3-6,9-12,15-16,19H,7-8,13-14,17-18H2,1-2H3,(H,26,28)/b16-15-. The zero-order valence-electron chi connectivity index (χ0n) is 17.4. The predicted molar refractivity (Wildman–Crippen MR) is 119 cm³/mol. The Balaban J connectivity index is 1.65. The lowest BCUT2D eigenvalue weighted by atomic mass is 10.0. The van der Waals surface area contributed by atoms with Gasteiger partial charge >= 0.3 is 0 Å². The van der Waals surface area contributed by atoms with Crippen LogP contribution in [0.1, 0.15) is 56.2 Å². The molecule has 3 rings (SSSR count). The summed E-state index contributed by atoms with van der Waals surface area (Å²) in [6.45, 7) is 5.42. The minimum Gasteiger partial charge on any atom is -0.356 e. The quantitative estimate of drug-likeness (QED) is 0.674. The van der Waals surface area contributed by atoms with Crippen LogP contribution in [0.2, 0.25) is 0 Å². The van der Waals surface area contributed by atoms with Crippen LogP contribution in [0.5, 0.6) is 0 Å². The number of nitrogens with one attached hydrogen (secondary N) is 1. The van der Waals surface area contributed by atoms with Crippen molar-refractivity contribution in [3.05, 3.63) is 65.2 Å². The Bertz CT molecular complexity index is 886. The molecule has 0 aromatic heterocycles. The first-order valence-corrected chi connectivity index (χ1v) is 10.5. The summed E-state index contributed by atoms with van der Waals surface area (Å²) < 4.78 is 0. The second kappa shape index (κ2) is 10.1. The van der Waals surface area contributed by atoms with Crippen molar-refractivity contribution in [1.29, 1.82) is 0 Å².